The number of rotatable bonds is 5. The molecule has 0 spiro atoms. The van der Waals surface area contributed by atoms with Crippen LogP contribution in [0, 0.1) is 10.1 Å². The molecule has 0 saturated carbocycles. The second-order valence-corrected chi connectivity index (χ2v) is 6.46. The number of hydrogen-bond donors (Lipinski definition) is 1. The van der Waals surface area contributed by atoms with Gasteiger partial charge >= 0.3 is 5.69 Å². The van der Waals surface area contributed by atoms with Gasteiger partial charge < -0.3 is 10.1 Å². The summed E-state index contributed by atoms with van der Waals surface area (Å²) in [5.74, 6) is 0.315. The molecule has 1 aliphatic rings. The molecular weight excluding hydrogens is 284 g/mol. The summed E-state index contributed by atoms with van der Waals surface area (Å²) in [4.78, 5) is 17.1. The Bertz CT molecular complexity index is 525. The predicted molar refractivity (Wildman–Crippen MR) is 85.0 cm³/mol. The highest BCUT2D eigenvalue weighted by Gasteiger charge is 2.33. The lowest BCUT2D eigenvalue weighted by Crippen LogP contribution is -2.57. The minimum absolute atomic E-state index is 0.00186. The first-order valence-electron chi connectivity index (χ1n) is 7.53. The van der Waals surface area contributed by atoms with Crippen molar-refractivity contribution < 1.29 is 9.66 Å². The molecule has 2 heterocycles. The van der Waals surface area contributed by atoms with E-state index in [1.165, 1.54) is 6.07 Å². The second kappa shape index (κ2) is 6.58. The van der Waals surface area contributed by atoms with Gasteiger partial charge in [0.2, 0.25) is 5.82 Å². The summed E-state index contributed by atoms with van der Waals surface area (Å²) in [6.07, 6.45) is 1.93. The molecule has 22 heavy (non-hydrogen) atoms. The molecule has 0 radical (unpaired) electrons. The van der Waals surface area contributed by atoms with Crippen LogP contribution in [0.5, 0.6) is 0 Å². The number of pyridine rings is 1. The first-order chi connectivity index (χ1) is 10.3. The zero-order chi connectivity index (χ0) is 16.3. The number of nitro groups is 1. The van der Waals surface area contributed by atoms with E-state index in [2.05, 4.69) is 42.9 Å². The van der Waals surface area contributed by atoms with Gasteiger partial charge in [0, 0.05) is 37.4 Å². The van der Waals surface area contributed by atoms with Crippen molar-refractivity contribution in [3.8, 4) is 0 Å². The van der Waals surface area contributed by atoms with Crippen molar-refractivity contribution in [2.24, 2.45) is 0 Å². The number of ether oxygens (including phenoxy) is 1. The van der Waals surface area contributed by atoms with Crippen molar-refractivity contribution in [2.75, 3.05) is 25.0 Å². The standard InChI is InChI=1S/C15H24N4O3/c1-11-8-18(9-12(2)22-11)15(3,4)10-17-14-13(19(20)21)6-5-7-16-14/h5-7,11-12H,8-10H2,1-4H3,(H,16,17)/t11-,12-/m1/s1. The van der Waals surface area contributed by atoms with Gasteiger partial charge in [0.25, 0.3) is 0 Å². The molecule has 0 aliphatic carbocycles. The van der Waals surface area contributed by atoms with Crippen LogP contribution in [0.4, 0.5) is 11.5 Å². The third-order valence-electron chi connectivity index (χ3n) is 3.95. The lowest BCUT2D eigenvalue weighted by molar-refractivity contribution is -0.384. The molecule has 0 amide bonds. The summed E-state index contributed by atoms with van der Waals surface area (Å²) in [6, 6.07) is 3.03. The number of nitrogens with one attached hydrogen (secondary N) is 1. The average Bonchev–Trinajstić information content (AvgIpc) is 2.44. The van der Waals surface area contributed by atoms with Crippen LogP contribution in [0.25, 0.3) is 0 Å². The van der Waals surface area contributed by atoms with Gasteiger partial charge in [0.05, 0.1) is 17.1 Å². The van der Waals surface area contributed by atoms with Gasteiger partial charge in [0.1, 0.15) is 0 Å². The fourth-order valence-corrected chi connectivity index (χ4v) is 2.76. The van der Waals surface area contributed by atoms with Crippen molar-refractivity contribution in [2.45, 2.75) is 45.4 Å². The molecule has 122 valence electrons. The van der Waals surface area contributed by atoms with Crippen molar-refractivity contribution >= 4 is 11.5 Å². The number of morpholine rings is 1. The molecule has 0 bridgehead atoms. The molecule has 1 saturated heterocycles. The number of hydrogen-bond acceptors (Lipinski definition) is 6. The van der Waals surface area contributed by atoms with E-state index in [0.29, 0.717) is 12.4 Å². The van der Waals surface area contributed by atoms with Crippen LogP contribution in [0.3, 0.4) is 0 Å². The molecule has 0 aromatic carbocycles. The molecule has 7 nitrogen and oxygen atoms in total. The van der Waals surface area contributed by atoms with E-state index in [-0.39, 0.29) is 23.4 Å². The summed E-state index contributed by atoms with van der Waals surface area (Å²) in [7, 11) is 0. The van der Waals surface area contributed by atoms with E-state index >= 15 is 0 Å². The first-order valence-corrected chi connectivity index (χ1v) is 7.53. The summed E-state index contributed by atoms with van der Waals surface area (Å²) >= 11 is 0. The van der Waals surface area contributed by atoms with E-state index in [4.69, 9.17) is 4.74 Å². The van der Waals surface area contributed by atoms with Crippen molar-refractivity contribution in [3.05, 3.63) is 28.4 Å². The molecule has 7 heteroatoms. The monoisotopic (exact) mass is 308 g/mol. The molecule has 1 fully saturated rings. The molecule has 1 aliphatic heterocycles. The van der Waals surface area contributed by atoms with Crippen LogP contribution in [0.2, 0.25) is 0 Å². The molecular formula is C15H24N4O3. The van der Waals surface area contributed by atoms with E-state index in [1.807, 2.05) is 0 Å². The van der Waals surface area contributed by atoms with Crippen LogP contribution in [0.15, 0.2) is 18.3 Å². The van der Waals surface area contributed by atoms with Gasteiger partial charge in [-0.1, -0.05) is 0 Å². The fourth-order valence-electron chi connectivity index (χ4n) is 2.76. The SMILES string of the molecule is C[C@@H]1CN(C(C)(C)CNc2ncccc2[N+](=O)[O-])C[C@@H](C)O1. The Labute approximate surface area is 130 Å². The minimum atomic E-state index is -0.415. The molecule has 0 unspecified atom stereocenters. The Morgan fingerprint density at radius 3 is 2.68 bits per heavy atom. The third-order valence-corrected chi connectivity index (χ3v) is 3.95. The second-order valence-electron chi connectivity index (χ2n) is 6.46. The average molecular weight is 308 g/mol. The molecule has 2 rings (SSSR count). The van der Waals surface area contributed by atoms with E-state index in [0.717, 1.165) is 13.1 Å². The van der Waals surface area contributed by atoms with Gasteiger partial charge in [0.15, 0.2) is 0 Å². The Balaban J connectivity index is 2.05. The Hall–Kier alpha value is -1.73. The van der Waals surface area contributed by atoms with Gasteiger partial charge in [-0.05, 0) is 33.8 Å². The smallest absolute Gasteiger partial charge is 0.311 e. The summed E-state index contributed by atoms with van der Waals surface area (Å²) in [5.41, 5.74) is -0.153. The highest BCUT2D eigenvalue weighted by atomic mass is 16.6. The topological polar surface area (TPSA) is 80.5 Å². The highest BCUT2D eigenvalue weighted by Crippen LogP contribution is 2.24. The highest BCUT2D eigenvalue weighted by molar-refractivity contribution is 5.55. The quantitative estimate of drug-likeness (QED) is 0.664. The van der Waals surface area contributed by atoms with Gasteiger partial charge in [-0.25, -0.2) is 4.98 Å². The Morgan fingerprint density at radius 1 is 1.45 bits per heavy atom. The van der Waals surface area contributed by atoms with Crippen molar-refractivity contribution in [3.63, 3.8) is 0 Å². The maximum absolute atomic E-state index is 11.0. The largest absolute Gasteiger partial charge is 0.373 e. The molecule has 1 aromatic rings. The van der Waals surface area contributed by atoms with Crippen LogP contribution in [-0.4, -0.2) is 52.2 Å². The Kier molecular flexibility index (Phi) is 4.97. The van der Waals surface area contributed by atoms with Crippen molar-refractivity contribution in [1.82, 2.24) is 9.88 Å². The van der Waals surface area contributed by atoms with Gasteiger partial charge in [-0.15, -0.1) is 0 Å². The lowest BCUT2D eigenvalue weighted by atomic mass is 10.00. The van der Waals surface area contributed by atoms with Crippen LogP contribution >= 0.6 is 0 Å². The van der Waals surface area contributed by atoms with Gasteiger partial charge in [-0.3, -0.25) is 15.0 Å². The number of nitrogens with zero attached hydrogens (tertiary/aromatic N) is 3. The van der Waals surface area contributed by atoms with Crippen LogP contribution in [0.1, 0.15) is 27.7 Å². The maximum atomic E-state index is 11.0. The summed E-state index contributed by atoms with van der Waals surface area (Å²) < 4.78 is 5.76. The van der Waals surface area contributed by atoms with E-state index in [9.17, 15) is 10.1 Å². The van der Waals surface area contributed by atoms with E-state index < -0.39 is 4.92 Å². The zero-order valence-electron chi connectivity index (χ0n) is 13.6. The maximum Gasteiger partial charge on any atom is 0.311 e. The molecule has 1 N–H and O–H groups in total. The summed E-state index contributed by atoms with van der Waals surface area (Å²) in [6.45, 7) is 10.7. The third kappa shape index (κ3) is 3.92. The summed E-state index contributed by atoms with van der Waals surface area (Å²) in [5, 5.41) is 14.2. The fraction of sp³-hybridized carbons (Fsp3) is 0.667. The van der Waals surface area contributed by atoms with Crippen molar-refractivity contribution in [1.29, 1.82) is 0 Å². The minimum Gasteiger partial charge on any atom is -0.373 e. The first kappa shape index (κ1) is 16.6. The van der Waals surface area contributed by atoms with Crippen LogP contribution in [-0.2, 0) is 4.74 Å². The Morgan fingerprint density at radius 2 is 2.09 bits per heavy atom. The number of aromatic nitrogens is 1. The molecule has 2 atom stereocenters. The lowest BCUT2D eigenvalue weighted by Gasteiger charge is -2.45. The molecule has 1 aromatic heterocycles. The van der Waals surface area contributed by atoms with E-state index in [1.54, 1.807) is 12.3 Å². The normalized spacial score (nSPS) is 23.3. The van der Waals surface area contributed by atoms with Crippen LogP contribution < -0.4 is 5.32 Å². The number of anilines is 1. The predicted octanol–water partition coefficient (Wildman–Crippen LogP) is 2.29. The van der Waals surface area contributed by atoms with Gasteiger partial charge in [-0.2, -0.15) is 0 Å². The zero-order valence-corrected chi connectivity index (χ0v) is 13.6.